The summed E-state index contributed by atoms with van der Waals surface area (Å²) in [5.74, 6) is -0.255. The molecule has 0 saturated heterocycles. The van der Waals surface area contributed by atoms with Crippen LogP contribution < -0.4 is 5.56 Å². The molecular formula is C22H17Cl2N3O2. The number of nitriles is 1. The van der Waals surface area contributed by atoms with Crippen molar-refractivity contribution in [3.63, 3.8) is 0 Å². The molecule has 0 amide bonds. The summed E-state index contributed by atoms with van der Waals surface area (Å²) in [5, 5.41) is 20.9. The summed E-state index contributed by atoms with van der Waals surface area (Å²) in [7, 11) is 0. The van der Waals surface area contributed by atoms with E-state index in [0.29, 0.717) is 27.7 Å². The van der Waals surface area contributed by atoms with Crippen LogP contribution in [0.25, 0.3) is 0 Å². The molecule has 0 aliphatic carbocycles. The molecule has 0 atom stereocenters. The third kappa shape index (κ3) is 4.34. The van der Waals surface area contributed by atoms with Crippen molar-refractivity contribution in [3.05, 3.63) is 91.2 Å². The van der Waals surface area contributed by atoms with E-state index in [9.17, 15) is 15.2 Å². The normalized spacial score (nSPS) is 11.0. The third-order valence-corrected chi connectivity index (χ3v) is 5.18. The second-order valence-electron chi connectivity index (χ2n) is 6.37. The number of hydrogen-bond acceptors (Lipinski definition) is 4. The number of aromatic hydroxyl groups is 1. The van der Waals surface area contributed by atoms with Gasteiger partial charge in [0.05, 0.1) is 15.6 Å². The van der Waals surface area contributed by atoms with Crippen molar-refractivity contribution in [3.8, 4) is 11.9 Å². The molecule has 7 heteroatoms. The Kier molecular flexibility index (Phi) is 6.38. The van der Waals surface area contributed by atoms with Crippen LogP contribution in [0.15, 0.2) is 58.3 Å². The van der Waals surface area contributed by atoms with Crippen molar-refractivity contribution in [1.29, 1.82) is 5.26 Å². The summed E-state index contributed by atoms with van der Waals surface area (Å²) >= 11 is 12.3. The molecule has 5 nitrogen and oxygen atoms in total. The Bertz CT molecular complexity index is 1160. The van der Waals surface area contributed by atoms with E-state index >= 15 is 0 Å². The Morgan fingerprint density at radius 2 is 1.79 bits per heavy atom. The van der Waals surface area contributed by atoms with Crippen molar-refractivity contribution in [1.82, 2.24) is 4.57 Å². The van der Waals surface area contributed by atoms with Gasteiger partial charge in [0.15, 0.2) is 0 Å². The molecule has 1 aromatic heterocycles. The average Bonchev–Trinajstić information content (AvgIpc) is 2.70. The summed E-state index contributed by atoms with van der Waals surface area (Å²) in [4.78, 5) is 17.0. The highest BCUT2D eigenvalue weighted by atomic mass is 35.5. The van der Waals surface area contributed by atoms with Crippen LogP contribution in [-0.2, 0) is 13.0 Å². The minimum absolute atomic E-state index is 0.0393. The van der Waals surface area contributed by atoms with Crippen molar-refractivity contribution >= 4 is 35.1 Å². The van der Waals surface area contributed by atoms with Gasteiger partial charge >= 0.3 is 0 Å². The first-order valence-corrected chi connectivity index (χ1v) is 9.58. The molecule has 0 radical (unpaired) electrons. The Labute approximate surface area is 178 Å². The molecule has 0 spiro atoms. The minimum Gasteiger partial charge on any atom is -0.494 e. The molecule has 146 valence electrons. The van der Waals surface area contributed by atoms with Gasteiger partial charge in [-0.2, -0.15) is 5.26 Å². The minimum atomic E-state index is -0.536. The van der Waals surface area contributed by atoms with E-state index in [1.54, 1.807) is 25.1 Å². The molecule has 0 aliphatic heterocycles. The first-order valence-electron chi connectivity index (χ1n) is 8.82. The highest BCUT2D eigenvalue weighted by Crippen LogP contribution is 2.33. The summed E-state index contributed by atoms with van der Waals surface area (Å²) in [6.07, 6.45) is 1.90. The highest BCUT2D eigenvalue weighted by molar-refractivity contribution is 6.38. The van der Waals surface area contributed by atoms with Crippen LogP contribution in [0.1, 0.15) is 22.3 Å². The fourth-order valence-corrected chi connectivity index (χ4v) is 3.46. The lowest BCUT2D eigenvalue weighted by molar-refractivity contribution is 0.404. The summed E-state index contributed by atoms with van der Waals surface area (Å²) in [6, 6.07) is 16.5. The van der Waals surface area contributed by atoms with E-state index in [1.165, 1.54) is 10.8 Å². The van der Waals surface area contributed by atoms with Crippen molar-refractivity contribution < 1.29 is 5.11 Å². The quantitative estimate of drug-likeness (QED) is 0.581. The smallest absolute Gasteiger partial charge is 0.271 e. The SMILES string of the molecule is Cc1c(C=Nc2c(Cl)cccc2Cl)c(O)n(CCc2ccccc2)c(=O)c1C#N. The first kappa shape index (κ1) is 20.7. The fraction of sp³-hybridized carbons (Fsp3) is 0.136. The van der Waals surface area contributed by atoms with Gasteiger partial charge < -0.3 is 5.11 Å². The molecule has 2 aromatic carbocycles. The van der Waals surface area contributed by atoms with Gasteiger partial charge in [-0.3, -0.25) is 14.4 Å². The number of halogens is 2. The molecule has 0 aliphatic rings. The zero-order chi connectivity index (χ0) is 21.0. The number of para-hydroxylation sites is 1. The van der Waals surface area contributed by atoms with E-state index in [0.717, 1.165) is 5.56 Å². The van der Waals surface area contributed by atoms with Crippen molar-refractivity contribution in [2.75, 3.05) is 0 Å². The van der Waals surface area contributed by atoms with Gasteiger partial charge in [0.1, 0.15) is 17.3 Å². The van der Waals surface area contributed by atoms with Crippen LogP contribution >= 0.6 is 23.2 Å². The molecule has 3 rings (SSSR count). The van der Waals surface area contributed by atoms with E-state index in [4.69, 9.17) is 23.2 Å². The van der Waals surface area contributed by atoms with Crippen LogP contribution in [0.2, 0.25) is 10.0 Å². The summed E-state index contributed by atoms with van der Waals surface area (Å²) in [5.41, 5.74) is 1.39. The van der Waals surface area contributed by atoms with Gasteiger partial charge in [-0.25, -0.2) is 0 Å². The molecule has 3 aromatic rings. The Morgan fingerprint density at radius 3 is 2.41 bits per heavy atom. The average molecular weight is 426 g/mol. The number of rotatable bonds is 5. The van der Waals surface area contributed by atoms with E-state index < -0.39 is 5.56 Å². The Balaban J connectivity index is 2.06. The molecule has 0 fully saturated rings. The molecule has 0 unspecified atom stereocenters. The Morgan fingerprint density at radius 1 is 1.14 bits per heavy atom. The number of benzene rings is 2. The van der Waals surface area contributed by atoms with E-state index in [-0.39, 0.29) is 23.6 Å². The van der Waals surface area contributed by atoms with Gasteiger partial charge in [0, 0.05) is 12.8 Å². The standard InChI is InChI=1S/C22H17Cl2N3O2/c1-14-16(12-25)21(28)27(11-10-15-6-3-2-4-7-15)22(29)17(14)13-26-20-18(23)8-5-9-19(20)24/h2-9,13,29H,10-11H2,1H3. The largest absolute Gasteiger partial charge is 0.494 e. The molecular weight excluding hydrogens is 409 g/mol. The van der Waals surface area contributed by atoms with Gasteiger partial charge in [0.2, 0.25) is 5.88 Å². The number of aromatic nitrogens is 1. The maximum Gasteiger partial charge on any atom is 0.271 e. The number of hydrogen-bond donors (Lipinski definition) is 1. The lowest BCUT2D eigenvalue weighted by Crippen LogP contribution is -2.26. The summed E-state index contributed by atoms with van der Waals surface area (Å²) < 4.78 is 1.19. The number of aliphatic imine (C=N–C) groups is 1. The molecule has 1 N–H and O–H groups in total. The number of pyridine rings is 1. The van der Waals surface area contributed by atoms with Gasteiger partial charge in [-0.1, -0.05) is 59.6 Å². The Hall–Kier alpha value is -3.07. The second-order valence-corrected chi connectivity index (χ2v) is 7.18. The predicted molar refractivity (Wildman–Crippen MR) is 116 cm³/mol. The maximum absolute atomic E-state index is 12.7. The molecule has 29 heavy (non-hydrogen) atoms. The van der Waals surface area contributed by atoms with Gasteiger partial charge in [-0.05, 0) is 36.6 Å². The van der Waals surface area contributed by atoms with Crippen LogP contribution in [0, 0.1) is 18.3 Å². The lowest BCUT2D eigenvalue weighted by Gasteiger charge is -2.14. The van der Waals surface area contributed by atoms with Gasteiger partial charge in [-0.15, -0.1) is 0 Å². The second kappa shape index (κ2) is 8.95. The van der Waals surface area contributed by atoms with Crippen LogP contribution in [-0.4, -0.2) is 15.9 Å². The van der Waals surface area contributed by atoms with Crippen LogP contribution in [0.3, 0.4) is 0 Å². The van der Waals surface area contributed by atoms with Crippen LogP contribution in [0.4, 0.5) is 5.69 Å². The zero-order valence-electron chi connectivity index (χ0n) is 15.6. The topological polar surface area (TPSA) is 78.4 Å². The number of nitrogens with zero attached hydrogens (tertiary/aromatic N) is 3. The number of aryl methyl sites for hydroxylation is 1. The first-order chi connectivity index (χ1) is 13.9. The molecule has 0 saturated carbocycles. The van der Waals surface area contributed by atoms with Crippen LogP contribution in [0.5, 0.6) is 5.88 Å². The lowest BCUT2D eigenvalue weighted by atomic mass is 10.1. The third-order valence-electron chi connectivity index (χ3n) is 4.57. The van der Waals surface area contributed by atoms with E-state index in [1.807, 2.05) is 36.4 Å². The maximum atomic E-state index is 12.7. The molecule has 0 bridgehead atoms. The van der Waals surface area contributed by atoms with E-state index in [2.05, 4.69) is 4.99 Å². The monoisotopic (exact) mass is 425 g/mol. The van der Waals surface area contributed by atoms with Crippen molar-refractivity contribution in [2.24, 2.45) is 4.99 Å². The summed E-state index contributed by atoms with van der Waals surface area (Å²) in [6.45, 7) is 1.81. The van der Waals surface area contributed by atoms with Crippen molar-refractivity contribution in [2.45, 2.75) is 19.9 Å². The molecule has 1 heterocycles. The predicted octanol–water partition coefficient (Wildman–Crippen LogP) is 5.03. The van der Waals surface area contributed by atoms with Gasteiger partial charge in [0.25, 0.3) is 5.56 Å². The highest BCUT2D eigenvalue weighted by Gasteiger charge is 2.18. The zero-order valence-corrected chi connectivity index (χ0v) is 17.1. The fourth-order valence-electron chi connectivity index (χ4n) is 2.96.